The highest BCUT2D eigenvalue weighted by Gasteiger charge is 2.10. The number of hydrazone groups is 1. The Hall–Kier alpha value is -3.87. The summed E-state index contributed by atoms with van der Waals surface area (Å²) in [5, 5.41) is 3.88. The number of carbonyl (C=O) groups excluding carboxylic acids is 2. The number of aryl methyl sites for hydroxylation is 1. The molecule has 7 heteroatoms. The lowest BCUT2D eigenvalue weighted by atomic mass is 10.1. The van der Waals surface area contributed by atoms with E-state index in [1.807, 2.05) is 31.2 Å². The molecule has 0 fully saturated rings. The summed E-state index contributed by atoms with van der Waals surface area (Å²) in [5.74, 6) is 0.864. The van der Waals surface area contributed by atoms with Gasteiger partial charge in [0.1, 0.15) is 17.3 Å². The molecule has 0 aliphatic heterocycles. The number of hydrogen-bond donors (Lipinski definition) is 1. The van der Waals surface area contributed by atoms with E-state index in [1.165, 1.54) is 6.21 Å². The van der Waals surface area contributed by atoms with Crippen LogP contribution in [0.2, 0.25) is 0 Å². The average molecular weight is 406 g/mol. The van der Waals surface area contributed by atoms with Gasteiger partial charge in [-0.2, -0.15) is 5.10 Å². The molecule has 0 atom stereocenters. The summed E-state index contributed by atoms with van der Waals surface area (Å²) < 4.78 is 16.1. The number of nitrogens with zero attached hydrogens (tertiary/aromatic N) is 1. The first-order chi connectivity index (χ1) is 14.5. The van der Waals surface area contributed by atoms with Crippen molar-refractivity contribution in [1.82, 2.24) is 5.43 Å². The Balaban J connectivity index is 1.55. The fourth-order valence-corrected chi connectivity index (χ4v) is 2.65. The van der Waals surface area contributed by atoms with Gasteiger partial charge in [0.2, 0.25) is 0 Å². The van der Waals surface area contributed by atoms with Gasteiger partial charge in [-0.3, -0.25) is 4.79 Å². The van der Waals surface area contributed by atoms with Gasteiger partial charge in [0.25, 0.3) is 5.91 Å². The minimum Gasteiger partial charge on any atom is -0.484 e. The molecular formula is C23H22N2O5. The Labute approximate surface area is 174 Å². The third kappa shape index (κ3) is 5.81. The first-order valence-corrected chi connectivity index (χ1v) is 9.44. The van der Waals surface area contributed by atoms with E-state index in [4.69, 9.17) is 13.9 Å². The molecule has 0 aliphatic carbocycles. The lowest BCUT2D eigenvalue weighted by Crippen LogP contribution is -2.24. The molecule has 1 heterocycles. The van der Waals surface area contributed by atoms with Crippen molar-refractivity contribution >= 4 is 18.1 Å². The third-order valence-electron chi connectivity index (χ3n) is 4.03. The van der Waals surface area contributed by atoms with Crippen LogP contribution >= 0.6 is 0 Å². The lowest BCUT2D eigenvalue weighted by Gasteiger charge is -2.05. The van der Waals surface area contributed by atoms with E-state index in [0.29, 0.717) is 29.4 Å². The van der Waals surface area contributed by atoms with Crippen molar-refractivity contribution in [2.75, 3.05) is 13.2 Å². The van der Waals surface area contributed by atoms with Crippen molar-refractivity contribution in [2.45, 2.75) is 13.8 Å². The Bertz CT molecular complexity index is 1060. The number of esters is 1. The third-order valence-corrected chi connectivity index (χ3v) is 4.03. The van der Waals surface area contributed by atoms with Crippen LogP contribution in [0, 0.1) is 6.92 Å². The molecule has 154 valence electrons. The van der Waals surface area contributed by atoms with Crippen LogP contribution in [0.5, 0.6) is 5.75 Å². The van der Waals surface area contributed by atoms with Gasteiger partial charge in [-0.1, -0.05) is 24.3 Å². The van der Waals surface area contributed by atoms with Crippen molar-refractivity contribution in [3.63, 3.8) is 0 Å². The minimum absolute atomic E-state index is 0.148. The van der Waals surface area contributed by atoms with Crippen molar-refractivity contribution in [2.24, 2.45) is 5.10 Å². The van der Waals surface area contributed by atoms with Gasteiger partial charge in [0.05, 0.1) is 18.4 Å². The Morgan fingerprint density at radius 3 is 2.73 bits per heavy atom. The molecule has 0 unspecified atom stereocenters. The second-order valence-electron chi connectivity index (χ2n) is 6.40. The second-order valence-corrected chi connectivity index (χ2v) is 6.40. The topological polar surface area (TPSA) is 90.1 Å². The van der Waals surface area contributed by atoms with Gasteiger partial charge >= 0.3 is 5.97 Å². The predicted octanol–water partition coefficient (Wildman–Crippen LogP) is 3.96. The SMILES string of the molecule is CCOC(=O)c1cccc(-c2ccc(/C=N\NC(=O)COc3cccc(C)c3)o2)c1. The molecule has 3 rings (SSSR count). The number of benzene rings is 2. The fourth-order valence-electron chi connectivity index (χ4n) is 2.65. The normalized spacial score (nSPS) is 10.7. The quantitative estimate of drug-likeness (QED) is 0.347. The molecular weight excluding hydrogens is 384 g/mol. The van der Waals surface area contributed by atoms with Gasteiger partial charge < -0.3 is 13.9 Å². The summed E-state index contributed by atoms with van der Waals surface area (Å²) in [6.07, 6.45) is 1.39. The maximum atomic E-state index is 11.9. The van der Waals surface area contributed by atoms with E-state index in [2.05, 4.69) is 10.5 Å². The first-order valence-electron chi connectivity index (χ1n) is 9.44. The van der Waals surface area contributed by atoms with Gasteiger partial charge in [0, 0.05) is 5.56 Å². The number of nitrogens with one attached hydrogen (secondary N) is 1. The number of furan rings is 1. The van der Waals surface area contributed by atoms with E-state index < -0.39 is 0 Å². The number of hydrogen-bond acceptors (Lipinski definition) is 6. The van der Waals surface area contributed by atoms with Crippen molar-refractivity contribution in [3.05, 3.63) is 77.6 Å². The van der Waals surface area contributed by atoms with Gasteiger partial charge in [-0.15, -0.1) is 0 Å². The maximum Gasteiger partial charge on any atom is 0.338 e. The van der Waals surface area contributed by atoms with E-state index in [9.17, 15) is 9.59 Å². The van der Waals surface area contributed by atoms with Crippen LogP contribution in [0.1, 0.15) is 28.6 Å². The van der Waals surface area contributed by atoms with Crippen LogP contribution in [-0.4, -0.2) is 31.3 Å². The number of carbonyl (C=O) groups is 2. The number of ether oxygens (including phenoxy) is 2. The summed E-state index contributed by atoms with van der Waals surface area (Å²) in [6, 6.07) is 17.9. The zero-order valence-corrected chi connectivity index (χ0v) is 16.8. The summed E-state index contributed by atoms with van der Waals surface area (Å²) in [7, 11) is 0. The van der Waals surface area contributed by atoms with Crippen molar-refractivity contribution in [3.8, 4) is 17.1 Å². The van der Waals surface area contributed by atoms with Crippen LogP contribution in [-0.2, 0) is 9.53 Å². The molecule has 0 bridgehead atoms. The monoisotopic (exact) mass is 406 g/mol. The molecule has 0 aliphatic rings. The minimum atomic E-state index is -0.387. The van der Waals surface area contributed by atoms with E-state index in [-0.39, 0.29) is 18.5 Å². The summed E-state index contributed by atoms with van der Waals surface area (Å²) in [6.45, 7) is 3.87. The highest BCUT2D eigenvalue weighted by atomic mass is 16.5. The standard InChI is InChI=1S/C23H22N2O5/c1-3-28-23(27)18-8-5-7-17(13-18)21-11-10-20(30-21)14-24-25-22(26)15-29-19-9-4-6-16(2)12-19/h4-14H,3,15H2,1-2H3,(H,25,26)/b24-14-. The molecule has 2 aromatic carbocycles. The van der Waals surface area contributed by atoms with E-state index >= 15 is 0 Å². The molecule has 1 N–H and O–H groups in total. The average Bonchev–Trinajstić information content (AvgIpc) is 3.22. The van der Waals surface area contributed by atoms with Crippen LogP contribution in [0.3, 0.4) is 0 Å². The Morgan fingerprint density at radius 1 is 1.10 bits per heavy atom. The molecule has 30 heavy (non-hydrogen) atoms. The first kappa shape index (κ1) is 20.9. The highest BCUT2D eigenvalue weighted by molar-refractivity contribution is 5.91. The number of amides is 1. The summed E-state index contributed by atoms with van der Waals surface area (Å²) >= 11 is 0. The van der Waals surface area contributed by atoms with Crippen LogP contribution < -0.4 is 10.2 Å². The fraction of sp³-hybridized carbons (Fsp3) is 0.174. The Kier molecular flexibility index (Phi) is 7.00. The molecule has 0 spiro atoms. The van der Waals surface area contributed by atoms with Crippen LogP contribution in [0.4, 0.5) is 0 Å². The molecule has 0 saturated heterocycles. The van der Waals surface area contributed by atoms with Gasteiger partial charge in [0.15, 0.2) is 6.61 Å². The summed E-state index contributed by atoms with van der Waals surface area (Å²) in [5.41, 5.74) is 4.61. The second kappa shape index (κ2) is 10.1. The van der Waals surface area contributed by atoms with Crippen LogP contribution in [0.15, 0.2) is 70.2 Å². The smallest absolute Gasteiger partial charge is 0.338 e. The van der Waals surface area contributed by atoms with Gasteiger partial charge in [-0.25, -0.2) is 10.2 Å². The van der Waals surface area contributed by atoms with E-state index in [0.717, 1.165) is 11.1 Å². The van der Waals surface area contributed by atoms with E-state index in [1.54, 1.807) is 43.3 Å². The molecule has 0 radical (unpaired) electrons. The number of rotatable bonds is 8. The Morgan fingerprint density at radius 2 is 1.93 bits per heavy atom. The molecule has 7 nitrogen and oxygen atoms in total. The zero-order valence-electron chi connectivity index (χ0n) is 16.8. The van der Waals surface area contributed by atoms with Gasteiger partial charge in [-0.05, 0) is 55.8 Å². The van der Waals surface area contributed by atoms with Crippen LogP contribution in [0.25, 0.3) is 11.3 Å². The van der Waals surface area contributed by atoms with Crippen molar-refractivity contribution < 1.29 is 23.5 Å². The molecule has 0 saturated carbocycles. The predicted molar refractivity (Wildman–Crippen MR) is 113 cm³/mol. The van der Waals surface area contributed by atoms with Crippen molar-refractivity contribution in [1.29, 1.82) is 0 Å². The molecule has 1 amide bonds. The zero-order chi connectivity index (χ0) is 21.3. The molecule has 1 aromatic heterocycles. The molecule has 3 aromatic rings. The maximum absolute atomic E-state index is 11.9. The highest BCUT2D eigenvalue weighted by Crippen LogP contribution is 2.23. The lowest BCUT2D eigenvalue weighted by molar-refractivity contribution is -0.123. The largest absolute Gasteiger partial charge is 0.484 e. The summed E-state index contributed by atoms with van der Waals surface area (Å²) in [4.78, 5) is 23.7.